The van der Waals surface area contributed by atoms with Crippen molar-refractivity contribution in [2.24, 2.45) is 0 Å². The smallest absolute Gasteiger partial charge is 0.332 e. The third-order valence-corrected chi connectivity index (χ3v) is 0.741. The molecule has 56 valence electrons. The average molecular weight is 142 g/mol. The summed E-state index contributed by atoms with van der Waals surface area (Å²) in [5.74, 6) is -0.574. The zero-order chi connectivity index (χ0) is 7.98. The van der Waals surface area contributed by atoms with E-state index in [4.69, 9.17) is 5.11 Å². The largest absolute Gasteiger partial charge is 0.429 e. The Morgan fingerprint density at radius 2 is 2.40 bits per heavy atom. The van der Waals surface area contributed by atoms with Crippen molar-refractivity contribution in [3.8, 4) is 0 Å². The summed E-state index contributed by atoms with van der Waals surface area (Å²) in [5.41, 5.74) is 0. The summed E-state index contributed by atoms with van der Waals surface area (Å²) in [7, 11) is 0. The van der Waals surface area contributed by atoms with Crippen LogP contribution in [0.4, 0.5) is 0 Å². The Hall–Kier alpha value is -1.09. The van der Waals surface area contributed by atoms with Crippen LogP contribution in [-0.4, -0.2) is 17.4 Å². The van der Waals surface area contributed by atoms with Gasteiger partial charge in [-0.3, -0.25) is 0 Å². The van der Waals surface area contributed by atoms with E-state index in [1.54, 1.807) is 6.92 Å². The fourth-order valence-electron chi connectivity index (χ4n) is 0.342. The second kappa shape index (κ2) is 4.76. The summed E-state index contributed by atoms with van der Waals surface area (Å²) in [5, 5.41) is 8.66. The standard InChI is InChI=1S/C7H10O3/c1-3-5-7(9)10-6(8)4-2/h3-6,8H,2H2,1H3/b5-3+. The minimum Gasteiger partial charge on any atom is -0.429 e. The van der Waals surface area contributed by atoms with Crippen molar-refractivity contribution in [2.75, 3.05) is 0 Å². The lowest BCUT2D eigenvalue weighted by Crippen LogP contribution is -2.12. The summed E-state index contributed by atoms with van der Waals surface area (Å²) >= 11 is 0. The minimum atomic E-state index is -1.20. The number of esters is 1. The van der Waals surface area contributed by atoms with Gasteiger partial charge in [0.15, 0.2) is 0 Å². The first kappa shape index (κ1) is 8.91. The number of aliphatic hydroxyl groups excluding tert-OH is 1. The van der Waals surface area contributed by atoms with Crippen molar-refractivity contribution >= 4 is 5.97 Å². The van der Waals surface area contributed by atoms with Crippen LogP contribution in [0, 0.1) is 0 Å². The fourth-order valence-corrected chi connectivity index (χ4v) is 0.342. The molecule has 1 atom stereocenters. The lowest BCUT2D eigenvalue weighted by Gasteiger charge is -2.03. The molecule has 0 aromatic heterocycles. The minimum absolute atomic E-state index is 0.574. The van der Waals surface area contributed by atoms with Gasteiger partial charge < -0.3 is 9.84 Å². The summed E-state index contributed by atoms with van der Waals surface area (Å²) in [6, 6.07) is 0. The van der Waals surface area contributed by atoms with Gasteiger partial charge in [-0.1, -0.05) is 12.7 Å². The second-order valence-electron chi connectivity index (χ2n) is 1.56. The molecule has 0 heterocycles. The fraction of sp³-hybridized carbons (Fsp3) is 0.286. The van der Waals surface area contributed by atoms with Crippen LogP contribution >= 0.6 is 0 Å². The van der Waals surface area contributed by atoms with Crippen LogP contribution in [0.3, 0.4) is 0 Å². The SMILES string of the molecule is C=CC(O)OC(=O)/C=C/C. The van der Waals surface area contributed by atoms with Crippen molar-refractivity contribution < 1.29 is 14.6 Å². The van der Waals surface area contributed by atoms with Gasteiger partial charge in [-0.2, -0.15) is 0 Å². The topological polar surface area (TPSA) is 46.5 Å². The number of aliphatic hydroxyl groups is 1. The Morgan fingerprint density at radius 1 is 1.80 bits per heavy atom. The Bertz CT molecular complexity index is 149. The molecule has 3 nitrogen and oxygen atoms in total. The number of hydrogen-bond acceptors (Lipinski definition) is 3. The number of allylic oxidation sites excluding steroid dienone is 1. The molecule has 0 aliphatic carbocycles. The lowest BCUT2D eigenvalue weighted by molar-refractivity contribution is -0.154. The number of ether oxygens (including phenoxy) is 1. The maximum Gasteiger partial charge on any atom is 0.332 e. The van der Waals surface area contributed by atoms with E-state index in [9.17, 15) is 4.79 Å². The molecule has 0 amide bonds. The van der Waals surface area contributed by atoms with E-state index in [0.717, 1.165) is 6.08 Å². The van der Waals surface area contributed by atoms with Gasteiger partial charge in [-0.05, 0) is 13.0 Å². The van der Waals surface area contributed by atoms with Gasteiger partial charge in [0.05, 0.1) is 0 Å². The van der Waals surface area contributed by atoms with E-state index in [2.05, 4.69) is 11.3 Å². The molecule has 0 saturated heterocycles. The molecule has 10 heavy (non-hydrogen) atoms. The summed E-state index contributed by atoms with van der Waals surface area (Å²) in [4.78, 5) is 10.5. The lowest BCUT2D eigenvalue weighted by atomic mass is 10.5. The predicted octanol–water partition coefficient (Wildman–Crippen LogP) is 0.610. The van der Waals surface area contributed by atoms with Crippen molar-refractivity contribution in [3.63, 3.8) is 0 Å². The van der Waals surface area contributed by atoms with E-state index in [1.807, 2.05) is 0 Å². The Morgan fingerprint density at radius 3 is 2.80 bits per heavy atom. The molecular weight excluding hydrogens is 132 g/mol. The number of hydrogen-bond donors (Lipinski definition) is 1. The first-order valence-electron chi connectivity index (χ1n) is 2.84. The molecule has 1 unspecified atom stereocenters. The summed E-state index contributed by atoms with van der Waals surface area (Å²) < 4.78 is 4.35. The van der Waals surface area contributed by atoms with E-state index in [-0.39, 0.29) is 0 Å². The second-order valence-corrected chi connectivity index (χ2v) is 1.56. The van der Waals surface area contributed by atoms with E-state index in [0.29, 0.717) is 0 Å². The molecule has 3 heteroatoms. The molecule has 0 aromatic carbocycles. The molecule has 0 spiro atoms. The predicted molar refractivity (Wildman–Crippen MR) is 37.1 cm³/mol. The third-order valence-electron chi connectivity index (χ3n) is 0.741. The molecule has 0 saturated carbocycles. The molecule has 0 rings (SSSR count). The first-order chi connectivity index (χ1) is 4.70. The summed E-state index contributed by atoms with van der Waals surface area (Å²) in [6.07, 6.45) is 2.66. The van der Waals surface area contributed by atoms with Crippen LogP contribution in [0.5, 0.6) is 0 Å². The number of carbonyl (C=O) groups is 1. The molecular formula is C7H10O3. The zero-order valence-corrected chi connectivity index (χ0v) is 5.78. The van der Waals surface area contributed by atoms with Crippen molar-refractivity contribution in [1.29, 1.82) is 0 Å². The van der Waals surface area contributed by atoms with Gasteiger partial charge in [0.25, 0.3) is 0 Å². The summed E-state index contributed by atoms with van der Waals surface area (Å²) in [6.45, 7) is 4.90. The highest BCUT2D eigenvalue weighted by Crippen LogP contribution is 1.89. The first-order valence-corrected chi connectivity index (χ1v) is 2.84. The zero-order valence-electron chi connectivity index (χ0n) is 5.78. The van der Waals surface area contributed by atoms with Crippen molar-refractivity contribution in [3.05, 3.63) is 24.8 Å². The Labute approximate surface area is 59.6 Å². The highest BCUT2D eigenvalue weighted by Gasteiger charge is 2.01. The quantitative estimate of drug-likeness (QED) is 0.272. The van der Waals surface area contributed by atoms with Crippen LogP contribution in [-0.2, 0) is 9.53 Å². The highest BCUT2D eigenvalue weighted by molar-refractivity contribution is 5.81. The van der Waals surface area contributed by atoms with E-state index in [1.165, 1.54) is 12.2 Å². The Kier molecular flexibility index (Phi) is 4.24. The molecule has 0 aromatic rings. The Balaban J connectivity index is 3.67. The average Bonchev–Trinajstić information content (AvgIpc) is 1.88. The molecule has 0 aliphatic heterocycles. The highest BCUT2D eigenvalue weighted by atomic mass is 16.6. The molecule has 0 fully saturated rings. The van der Waals surface area contributed by atoms with E-state index < -0.39 is 12.3 Å². The van der Waals surface area contributed by atoms with E-state index >= 15 is 0 Å². The third kappa shape index (κ3) is 3.86. The maximum absolute atomic E-state index is 10.5. The number of rotatable bonds is 3. The van der Waals surface area contributed by atoms with Gasteiger partial charge in [-0.25, -0.2) is 4.79 Å². The molecule has 1 N–H and O–H groups in total. The van der Waals surface area contributed by atoms with Crippen molar-refractivity contribution in [1.82, 2.24) is 0 Å². The van der Waals surface area contributed by atoms with Crippen LogP contribution in [0.25, 0.3) is 0 Å². The monoisotopic (exact) mass is 142 g/mol. The molecule has 0 bridgehead atoms. The van der Waals surface area contributed by atoms with Gasteiger partial charge in [0.1, 0.15) is 0 Å². The van der Waals surface area contributed by atoms with Crippen molar-refractivity contribution in [2.45, 2.75) is 13.2 Å². The van der Waals surface area contributed by atoms with Crippen LogP contribution in [0.2, 0.25) is 0 Å². The van der Waals surface area contributed by atoms with Gasteiger partial charge in [0.2, 0.25) is 6.29 Å². The van der Waals surface area contributed by atoms with Gasteiger partial charge in [0, 0.05) is 6.08 Å². The maximum atomic E-state index is 10.5. The number of carbonyl (C=O) groups excluding carboxylic acids is 1. The van der Waals surface area contributed by atoms with Gasteiger partial charge in [-0.15, -0.1) is 0 Å². The van der Waals surface area contributed by atoms with Crippen LogP contribution < -0.4 is 0 Å². The molecule has 0 aliphatic rings. The molecule has 0 radical (unpaired) electrons. The van der Waals surface area contributed by atoms with Gasteiger partial charge >= 0.3 is 5.97 Å². The van der Waals surface area contributed by atoms with Crippen LogP contribution in [0.15, 0.2) is 24.8 Å². The van der Waals surface area contributed by atoms with Crippen LogP contribution in [0.1, 0.15) is 6.92 Å². The normalized spacial score (nSPS) is 13.0.